The highest BCUT2D eigenvalue weighted by Crippen LogP contribution is 2.07. The van der Waals surface area contributed by atoms with Crippen LogP contribution in [0.2, 0.25) is 0 Å². The second-order valence-electron chi connectivity index (χ2n) is 3.49. The maximum atomic E-state index is 5.44. The zero-order valence-corrected chi connectivity index (χ0v) is 11.2. The lowest BCUT2D eigenvalue weighted by molar-refractivity contribution is 0.0386. The van der Waals surface area contributed by atoms with E-state index in [-0.39, 0.29) is 0 Å². The van der Waals surface area contributed by atoms with Crippen LogP contribution in [0.5, 0.6) is 0 Å². The molecule has 4 heteroatoms. The van der Waals surface area contributed by atoms with Crippen LogP contribution in [0.15, 0.2) is 22.8 Å². The topological polar surface area (TPSA) is 31.4 Å². The summed E-state index contributed by atoms with van der Waals surface area (Å²) in [5, 5.41) is 0. The quantitative estimate of drug-likeness (QED) is 0.688. The second kappa shape index (κ2) is 8.67. The Labute approximate surface area is 105 Å². The van der Waals surface area contributed by atoms with Crippen LogP contribution in [-0.4, -0.2) is 24.8 Å². The van der Waals surface area contributed by atoms with Crippen LogP contribution in [0.3, 0.4) is 0 Å². The van der Waals surface area contributed by atoms with Crippen LogP contribution < -0.4 is 0 Å². The molecule has 0 saturated heterocycles. The lowest BCUT2D eigenvalue weighted by atomic mass is 10.4. The minimum absolute atomic E-state index is 0.546. The lowest BCUT2D eigenvalue weighted by Gasteiger charge is -2.05. The number of unbranched alkanes of at least 4 members (excludes halogenated alkanes) is 1. The molecule has 1 heterocycles. The fourth-order valence-electron chi connectivity index (χ4n) is 1.13. The molecule has 0 saturated carbocycles. The lowest BCUT2D eigenvalue weighted by Crippen LogP contribution is -2.05. The molecule has 1 aromatic rings. The van der Waals surface area contributed by atoms with Gasteiger partial charge in [-0.25, -0.2) is 0 Å². The average molecular weight is 288 g/mol. The van der Waals surface area contributed by atoms with Crippen molar-refractivity contribution in [1.82, 2.24) is 4.98 Å². The van der Waals surface area contributed by atoms with E-state index in [1.54, 1.807) is 6.20 Å². The van der Waals surface area contributed by atoms with Gasteiger partial charge in [-0.2, -0.15) is 0 Å². The summed E-state index contributed by atoms with van der Waals surface area (Å²) in [6, 6.07) is 3.91. The first kappa shape index (κ1) is 13.6. The van der Waals surface area contributed by atoms with Gasteiger partial charge in [-0.3, -0.25) is 4.98 Å². The third-order valence-electron chi connectivity index (χ3n) is 2.05. The van der Waals surface area contributed by atoms with Gasteiger partial charge in [-0.1, -0.05) is 13.3 Å². The fourth-order valence-corrected chi connectivity index (χ4v) is 1.37. The number of hydrogen-bond acceptors (Lipinski definition) is 3. The van der Waals surface area contributed by atoms with Crippen LogP contribution in [-0.2, 0) is 16.1 Å². The van der Waals surface area contributed by atoms with Crippen molar-refractivity contribution in [3.05, 3.63) is 28.5 Å². The zero-order chi connectivity index (χ0) is 11.6. The number of hydrogen-bond donors (Lipinski definition) is 0. The van der Waals surface area contributed by atoms with Gasteiger partial charge in [0.25, 0.3) is 0 Å². The summed E-state index contributed by atoms with van der Waals surface area (Å²) in [5.41, 5.74) is 0.941. The van der Waals surface area contributed by atoms with E-state index in [4.69, 9.17) is 9.47 Å². The molecular weight excluding hydrogens is 270 g/mol. The largest absolute Gasteiger partial charge is 0.379 e. The fraction of sp³-hybridized carbons (Fsp3) is 0.583. The van der Waals surface area contributed by atoms with E-state index in [0.29, 0.717) is 19.8 Å². The van der Waals surface area contributed by atoms with Crippen molar-refractivity contribution in [3.8, 4) is 0 Å². The number of rotatable bonds is 8. The molecule has 0 aliphatic rings. The molecule has 0 spiro atoms. The first-order chi connectivity index (χ1) is 7.83. The molecule has 3 nitrogen and oxygen atoms in total. The summed E-state index contributed by atoms with van der Waals surface area (Å²) in [4.78, 5) is 4.21. The van der Waals surface area contributed by atoms with Gasteiger partial charge in [-0.05, 0) is 34.5 Å². The Balaban J connectivity index is 2.01. The Morgan fingerprint density at radius 1 is 1.19 bits per heavy atom. The summed E-state index contributed by atoms with van der Waals surface area (Å²) in [6.45, 7) is 4.82. The number of halogens is 1. The van der Waals surface area contributed by atoms with Crippen LogP contribution in [0, 0.1) is 0 Å². The smallest absolute Gasteiger partial charge is 0.0889 e. The predicted molar refractivity (Wildman–Crippen MR) is 67.3 cm³/mol. The molecule has 0 atom stereocenters. The Bertz CT molecular complexity index is 277. The van der Waals surface area contributed by atoms with Crippen LogP contribution in [0.4, 0.5) is 0 Å². The van der Waals surface area contributed by atoms with Crippen molar-refractivity contribution in [2.45, 2.75) is 26.4 Å². The molecule has 0 aliphatic carbocycles. The zero-order valence-electron chi connectivity index (χ0n) is 9.62. The van der Waals surface area contributed by atoms with Gasteiger partial charge < -0.3 is 9.47 Å². The van der Waals surface area contributed by atoms with Gasteiger partial charge >= 0.3 is 0 Å². The minimum atomic E-state index is 0.546. The highest BCUT2D eigenvalue weighted by atomic mass is 79.9. The molecule has 0 aliphatic heterocycles. The Hall–Kier alpha value is -0.450. The van der Waals surface area contributed by atoms with E-state index in [0.717, 1.165) is 23.2 Å². The molecule has 0 unspecified atom stereocenters. The second-order valence-corrected chi connectivity index (χ2v) is 4.40. The molecule has 16 heavy (non-hydrogen) atoms. The van der Waals surface area contributed by atoms with Gasteiger partial charge in [0.1, 0.15) is 0 Å². The maximum Gasteiger partial charge on any atom is 0.0889 e. The van der Waals surface area contributed by atoms with Crippen LogP contribution in [0.1, 0.15) is 25.5 Å². The maximum absolute atomic E-state index is 5.44. The molecular formula is C12H18BrNO2. The number of pyridine rings is 1. The molecule has 0 radical (unpaired) electrons. The van der Waals surface area contributed by atoms with Crippen molar-refractivity contribution < 1.29 is 9.47 Å². The van der Waals surface area contributed by atoms with Gasteiger partial charge in [-0.15, -0.1) is 0 Å². The van der Waals surface area contributed by atoms with Crippen molar-refractivity contribution in [3.63, 3.8) is 0 Å². The number of ether oxygens (including phenoxy) is 2. The summed E-state index contributed by atoms with van der Waals surface area (Å²) >= 11 is 3.34. The van der Waals surface area contributed by atoms with Crippen molar-refractivity contribution in [1.29, 1.82) is 0 Å². The first-order valence-electron chi connectivity index (χ1n) is 5.59. The molecule has 0 aromatic carbocycles. The average Bonchev–Trinajstić information content (AvgIpc) is 2.30. The highest BCUT2D eigenvalue weighted by Gasteiger charge is 1.95. The highest BCUT2D eigenvalue weighted by molar-refractivity contribution is 9.10. The number of nitrogens with zero attached hydrogens (tertiary/aromatic N) is 1. The van der Waals surface area contributed by atoms with Gasteiger partial charge in [0.15, 0.2) is 0 Å². The predicted octanol–water partition coefficient (Wildman–Crippen LogP) is 3.18. The molecule has 0 N–H and O–H groups in total. The third-order valence-corrected chi connectivity index (χ3v) is 2.52. The molecule has 90 valence electrons. The van der Waals surface area contributed by atoms with E-state index in [2.05, 4.69) is 27.8 Å². The Morgan fingerprint density at radius 3 is 2.69 bits per heavy atom. The summed E-state index contributed by atoms with van der Waals surface area (Å²) in [6.07, 6.45) is 4.06. The molecule has 0 bridgehead atoms. The summed E-state index contributed by atoms with van der Waals surface area (Å²) in [7, 11) is 0. The molecule has 0 amide bonds. The van der Waals surface area contributed by atoms with Crippen molar-refractivity contribution >= 4 is 15.9 Å². The Morgan fingerprint density at radius 2 is 2.00 bits per heavy atom. The SMILES string of the molecule is CCCCOCCOCc1ccc(Br)cn1. The monoisotopic (exact) mass is 287 g/mol. The van der Waals surface area contributed by atoms with Crippen LogP contribution >= 0.6 is 15.9 Å². The van der Waals surface area contributed by atoms with Crippen molar-refractivity contribution in [2.24, 2.45) is 0 Å². The number of aromatic nitrogens is 1. The molecule has 1 rings (SSSR count). The minimum Gasteiger partial charge on any atom is -0.379 e. The van der Waals surface area contributed by atoms with Gasteiger partial charge in [0.05, 0.1) is 25.5 Å². The van der Waals surface area contributed by atoms with Gasteiger partial charge in [0.2, 0.25) is 0 Å². The van der Waals surface area contributed by atoms with E-state index in [1.807, 2.05) is 12.1 Å². The van der Waals surface area contributed by atoms with E-state index in [9.17, 15) is 0 Å². The van der Waals surface area contributed by atoms with E-state index >= 15 is 0 Å². The van der Waals surface area contributed by atoms with E-state index in [1.165, 1.54) is 6.42 Å². The van der Waals surface area contributed by atoms with Crippen LogP contribution in [0.25, 0.3) is 0 Å². The Kier molecular flexibility index (Phi) is 7.38. The molecule has 0 fully saturated rings. The third kappa shape index (κ3) is 6.20. The standard InChI is InChI=1S/C12H18BrNO2/c1-2-3-6-15-7-8-16-10-12-5-4-11(13)9-14-12/h4-5,9H,2-3,6-8,10H2,1H3. The van der Waals surface area contributed by atoms with Gasteiger partial charge in [0, 0.05) is 17.3 Å². The summed E-state index contributed by atoms with van der Waals surface area (Å²) in [5.74, 6) is 0. The van der Waals surface area contributed by atoms with E-state index < -0.39 is 0 Å². The first-order valence-corrected chi connectivity index (χ1v) is 6.38. The van der Waals surface area contributed by atoms with Crippen molar-refractivity contribution in [2.75, 3.05) is 19.8 Å². The molecule has 1 aromatic heterocycles. The normalized spacial score (nSPS) is 10.6. The summed E-state index contributed by atoms with van der Waals surface area (Å²) < 4.78 is 11.8.